The Kier molecular flexibility index (Phi) is 4.54. The highest BCUT2D eigenvalue weighted by Gasteiger charge is 2.14. The lowest BCUT2D eigenvalue weighted by molar-refractivity contribution is 0.0340. The normalized spacial score (nSPS) is 19.2. The van der Waals surface area contributed by atoms with Crippen LogP contribution in [-0.4, -0.2) is 37.7 Å². The molecule has 1 atom stereocenters. The molecule has 3 nitrogen and oxygen atoms in total. The van der Waals surface area contributed by atoms with Crippen LogP contribution in [-0.2, 0) is 11.3 Å². The molecule has 0 aromatic heterocycles. The summed E-state index contributed by atoms with van der Waals surface area (Å²) in [6.45, 7) is 7.70. The van der Waals surface area contributed by atoms with Crippen LogP contribution in [0.25, 0.3) is 0 Å². The lowest BCUT2D eigenvalue weighted by atomic mass is 9.95. The Morgan fingerprint density at radius 2 is 2.00 bits per heavy atom. The number of nitrogens with zero attached hydrogens (tertiary/aromatic N) is 1. The van der Waals surface area contributed by atoms with E-state index in [0.717, 1.165) is 32.8 Å². The smallest absolute Gasteiger partial charge is 0.0594 e. The number of benzene rings is 1. The monoisotopic (exact) mass is 234 g/mol. The van der Waals surface area contributed by atoms with E-state index in [1.54, 1.807) is 0 Å². The van der Waals surface area contributed by atoms with Gasteiger partial charge in [0, 0.05) is 19.6 Å². The summed E-state index contributed by atoms with van der Waals surface area (Å²) in [6, 6.07) is 8.64. The number of ether oxygens (including phenoxy) is 1. The van der Waals surface area contributed by atoms with E-state index in [0.29, 0.717) is 12.5 Å². The molecule has 1 unspecified atom stereocenters. The highest BCUT2D eigenvalue weighted by molar-refractivity contribution is 5.30. The number of morpholine rings is 1. The van der Waals surface area contributed by atoms with Gasteiger partial charge < -0.3 is 10.5 Å². The molecule has 17 heavy (non-hydrogen) atoms. The summed E-state index contributed by atoms with van der Waals surface area (Å²) in [5.74, 6) is 0.437. The van der Waals surface area contributed by atoms with Crippen molar-refractivity contribution in [3.8, 4) is 0 Å². The van der Waals surface area contributed by atoms with Crippen LogP contribution in [0.5, 0.6) is 0 Å². The Hall–Kier alpha value is -0.900. The fourth-order valence-corrected chi connectivity index (χ4v) is 2.29. The lowest BCUT2D eigenvalue weighted by Gasteiger charge is -2.28. The van der Waals surface area contributed by atoms with E-state index in [-0.39, 0.29) is 0 Å². The molecule has 0 spiro atoms. The third-order valence-corrected chi connectivity index (χ3v) is 3.44. The summed E-state index contributed by atoms with van der Waals surface area (Å²) >= 11 is 0. The fourth-order valence-electron chi connectivity index (χ4n) is 2.29. The number of hydrogen-bond donors (Lipinski definition) is 1. The van der Waals surface area contributed by atoms with E-state index in [1.165, 1.54) is 11.1 Å². The second-order valence-electron chi connectivity index (χ2n) is 4.72. The molecule has 2 rings (SSSR count). The maximum absolute atomic E-state index is 5.77. The van der Waals surface area contributed by atoms with Gasteiger partial charge in [0.1, 0.15) is 0 Å². The zero-order valence-corrected chi connectivity index (χ0v) is 10.6. The van der Waals surface area contributed by atoms with Crippen LogP contribution in [0.1, 0.15) is 24.0 Å². The van der Waals surface area contributed by atoms with Gasteiger partial charge in [-0.05, 0) is 23.6 Å². The summed E-state index contributed by atoms with van der Waals surface area (Å²) in [7, 11) is 0. The van der Waals surface area contributed by atoms with E-state index in [1.807, 2.05) is 0 Å². The summed E-state index contributed by atoms with van der Waals surface area (Å²) in [5, 5.41) is 0. The Morgan fingerprint density at radius 1 is 1.29 bits per heavy atom. The van der Waals surface area contributed by atoms with Crippen LogP contribution in [0.2, 0.25) is 0 Å². The third-order valence-electron chi connectivity index (χ3n) is 3.44. The van der Waals surface area contributed by atoms with Crippen molar-refractivity contribution in [3.63, 3.8) is 0 Å². The molecule has 1 fully saturated rings. The molecule has 0 saturated carbocycles. The quantitative estimate of drug-likeness (QED) is 0.859. The molecule has 1 aliphatic heterocycles. The average molecular weight is 234 g/mol. The molecular weight excluding hydrogens is 212 g/mol. The van der Waals surface area contributed by atoms with Gasteiger partial charge in [-0.15, -0.1) is 0 Å². The first-order valence-corrected chi connectivity index (χ1v) is 6.39. The van der Waals surface area contributed by atoms with Gasteiger partial charge in [0.05, 0.1) is 13.2 Å². The lowest BCUT2D eigenvalue weighted by Crippen LogP contribution is -2.36. The topological polar surface area (TPSA) is 38.5 Å². The van der Waals surface area contributed by atoms with Gasteiger partial charge >= 0.3 is 0 Å². The Labute approximate surface area is 104 Å². The van der Waals surface area contributed by atoms with E-state index >= 15 is 0 Å². The first-order chi connectivity index (χ1) is 8.31. The third kappa shape index (κ3) is 3.28. The van der Waals surface area contributed by atoms with Gasteiger partial charge in [0.2, 0.25) is 0 Å². The molecular formula is C14H22N2O. The van der Waals surface area contributed by atoms with Crippen molar-refractivity contribution >= 4 is 0 Å². The first kappa shape index (κ1) is 12.6. The van der Waals surface area contributed by atoms with E-state index < -0.39 is 0 Å². The average Bonchev–Trinajstić information content (AvgIpc) is 2.40. The number of hydrogen-bond acceptors (Lipinski definition) is 3. The first-order valence-electron chi connectivity index (χ1n) is 6.39. The van der Waals surface area contributed by atoms with Crippen molar-refractivity contribution in [1.29, 1.82) is 0 Å². The largest absolute Gasteiger partial charge is 0.379 e. The molecule has 3 heteroatoms. The molecule has 1 aromatic carbocycles. The van der Waals surface area contributed by atoms with Crippen molar-refractivity contribution in [1.82, 2.24) is 4.90 Å². The minimum atomic E-state index is 0.437. The van der Waals surface area contributed by atoms with Crippen LogP contribution < -0.4 is 5.73 Å². The Balaban J connectivity index is 2.08. The highest BCUT2D eigenvalue weighted by Crippen LogP contribution is 2.20. The Morgan fingerprint density at radius 3 is 2.71 bits per heavy atom. The van der Waals surface area contributed by atoms with Crippen LogP contribution in [0.15, 0.2) is 24.3 Å². The van der Waals surface area contributed by atoms with Gasteiger partial charge in [0.15, 0.2) is 0 Å². The fraction of sp³-hybridized carbons (Fsp3) is 0.571. The molecule has 1 aliphatic rings. The van der Waals surface area contributed by atoms with Gasteiger partial charge in [-0.1, -0.05) is 31.2 Å². The number of nitrogens with two attached hydrogens (primary N) is 1. The van der Waals surface area contributed by atoms with Crippen molar-refractivity contribution in [3.05, 3.63) is 35.4 Å². The van der Waals surface area contributed by atoms with Crippen LogP contribution in [0.3, 0.4) is 0 Å². The minimum absolute atomic E-state index is 0.437. The Bertz CT molecular complexity index is 348. The standard InChI is InChI=1S/C14H22N2O/c1-12(10-15)14-5-3-2-4-13(14)11-16-6-8-17-9-7-16/h2-5,12H,6-11,15H2,1H3. The van der Waals surface area contributed by atoms with Gasteiger partial charge in [0.25, 0.3) is 0 Å². The van der Waals surface area contributed by atoms with Crippen molar-refractivity contribution in [2.24, 2.45) is 5.73 Å². The summed E-state index contributed by atoms with van der Waals surface area (Å²) in [4.78, 5) is 2.45. The second-order valence-corrected chi connectivity index (χ2v) is 4.72. The SMILES string of the molecule is CC(CN)c1ccccc1CN1CCOCC1. The zero-order chi connectivity index (χ0) is 12.1. The van der Waals surface area contributed by atoms with E-state index in [4.69, 9.17) is 10.5 Å². The summed E-state index contributed by atoms with van der Waals surface area (Å²) in [5.41, 5.74) is 8.57. The van der Waals surface area contributed by atoms with Crippen LogP contribution >= 0.6 is 0 Å². The molecule has 1 saturated heterocycles. The van der Waals surface area contributed by atoms with E-state index in [9.17, 15) is 0 Å². The minimum Gasteiger partial charge on any atom is -0.379 e. The van der Waals surface area contributed by atoms with Gasteiger partial charge in [-0.2, -0.15) is 0 Å². The van der Waals surface area contributed by atoms with Crippen LogP contribution in [0.4, 0.5) is 0 Å². The predicted octanol–water partition coefficient (Wildman–Crippen LogP) is 1.58. The molecule has 1 heterocycles. The van der Waals surface area contributed by atoms with Crippen molar-refractivity contribution in [2.75, 3.05) is 32.8 Å². The maximum Gasteiger partial charge on any atom is 0.0594 e. The molecule has 0 bridgehead atoms. The molecule has 2 N–H and O–H groups in total. The number of rotatable bonds is 4. The van der Waals surface area contributed by atoms with E-state index in [2.05, 4.69) is 36.1 Å². The second kappa shape index (κ2) is 6.15. The van der Waals surface area contributed by atoms with Crippen molar-refractivity contribution in [2.45, 2.75) is 19.4 Å². The summed E-state index contributed by atoms with van der Waals surface area (Å²) < 4.78 is 5.37. The summed E-state index contributed by atoms with van der Waals surface area (Å²) in [6.07, 6.45) is 0. The van der Waals surface area contributed by atoms with Crippen molar-refractivity contribution < 1.29 is 4.74 Å². The van der Waals surface area contributed by atoms with Gasteiger partial charge in [-0.3, -0.25) is 4.90 Å². The predicted molar refractivity (Wildman–Crippen MR) is 70.0 cm³/mol. The van der Waals surface area contributed by atoms with Gasteiger partial charge in [-0.25, -0.2) is 0 Å². The van der Waals surface area contributed by atoms with Crippen LogP contribution in [0, 0.1) is 0 Å². The molecule has 0 amide bonds. The molecule has 94 valence electrons. The highest BCUT2D eigenvalue weighted by atomic mass is 16.5. The maximum atomic E-state index is 5.77. The molecule has 0 radical (unpaired) electrons. The molecule has 0 aliphatic carbocycles. The molecule has 1 aromatic rings. The zero-order valence-electron chi connectivity index (χ0n) is 10.6.